The predicted molar refractivity (Wildman–Crippen MR) is 65.2 cm³/mol. The summed E-state index contributed by atoms with van der Waals surface area (Å²) in [6.07, 6.45) is 4.05. The van der Waals surface area contributed by atoms with Gasteiger partial charge in [-0.05, 0) is 36.6 Å². The Kier molecular flexibility index (Phi) is 3.19. The molecule has 17 heavy (non-hydrogen) atoms. The van der Waals surface area contributed by atoms with Gasteiger partial charge in [-0.15, -0.1) is 0 Å². The van der Waals surface area contributed by atoms with Crippen LogP contribution < -0.4 is 0 Å². The summed E-state index contributed by atoms with van der Waals surface area (Å²) in [6.45, 7) is 1.89. The molecule has 0 spiro atoms. The smallest absolute Gasteiger partial charge is 0.335 e. The summed E-state index contributed by atoms with van der Waals surface area (Å²) in [5, 5.41) is 9.15. The van der Waals surface area contributed by atoms with Crippen molar-refractivity contribution in [2.75, 3.05) is 0 Å². The van der Waals surface area contributed by atoms with Crippen LogP contribution in [-0.2, 0) is 6.42 Å². The van der Waals surface area contributed by atoms with Crippen LogP contribution in [0.5, 0.6) is 0 Å². The predicted octanol–water partition coefficient (Wildman–Crippen LogP) is 2.68. The van der Waals surface area contributed by atoms with Gasteiger partial charge in [0.25, 0.3) is 0 Å². The van der Waals surface area contributed by atoms with Crippen molar-refractivity contribution in [3.63, 3.8) is 0 Å². The molecule has 0 aliphatic carbocycles. The molecular weight excluding hydrogens is 214 g/mol. The number of carboxylic acid groups (broad SMARTS) is 1. The fraction of sp³-hybridized carbons (Fsp3) is 0.143. The van der Waals surface area contributed by atoms with Gasteiger partial charge in [0, 0.05) is 12.4 Å². The molecule has 2 rings (SSSR count). The summed E-state index contributed by atoms with van der Waals surface area (Å²) in [6, 6.07) is 9.29. The van der Waals surface area contributed by atoms with E-state index in [1.54, 1.807) is 18.5 Å². The third kappa shape index (κ3) is 2.69. The Labute approximate surface area is 99.8 Å². The number of aryl methyl sites for hydroxylation is 1. The Hall–Kier alpha value is -2.16. The number of nitrogens with zero attached hydrogens (tertiary/aromatic N) is 1. The van der Waals surface area contributed by atoms with Gasteiger partial charge >= 0.3 is 5.97 Å². The van der Waals surface area contributed by atoms with Crippen LogP contribution in [0.4, 0.5) is 0 Å². The number of carbonyl (C=O) groups is 1. The lowest BCUT2D eigenvalue weighted by Gasteiger charge is -2.07. The number of carboxylic acids is 1. The van der Waals surface area contributed by atoms with Crippen LogP contribution in [0.25, 0.3) is 0 Å². The van der Waals surface area contributed by atoms with Gasteiger partial charge in [0.1, 0.15) is 0 Å². The second-order valence-corrected chi connectivity index (χ2v) is 4.00. The first-order chi connectivity index (χ1) is 8.16. The number of hydrogen-bond donors (Lipinski definition) is 1. The van der Waals surface area contributed by atoms with Crippen molar-refractivity contribution in [2.24, 2.45) is 0 Å². The molecule has 86 valence electrons. The highest BCUT2D eigenvalue weighted by Crippen LogP contribution is 2.16. The summed E-state index contributed by atoms with van der Waals surface area (Å²) in [5.41, 5.74) is 3.15. The van der Waals surface area contributed by atoms with Gasteiger partial charge in [-0.1, -0.05) is 23.8 Å². The van der Waals surface area contributed by atoms with E-state index in [1.165, 1.54) is 0 Å². The molecule has 0 atom stereocenters. The number of pyridine rings is 1. The van der Waals surface area contributed by atoms with Crippen molar-refractivity contribution in [3.8, 4) is 0 Å². The van der Waals surface area contributed by atoms with E-state index in [1.807, 2.05) is 31.2 Å². The zero-order valence-electron chi connectivity index (χ0n) is 9.55. The summed E-state index contributed by atoms with van der Waals surface area (Å²) < 4.78 is 0. The lowest BCUT2D eigenvalue weighted by atomic mass is 9.99. The maximum Gasteiger partial charge on any atom is 0.335 e. The van der Waals surface area contributed by atoms with Gasteiger partial charge in [0.2, 0.25) is 0 Å². The zero-order valence-corrected chi connectivity index (χ0v) is 9.55. The van der Waals surface area contributed by atoms with E-state index in [4.69, 9.17) is 5.11 Å². The summed E-state index contributed by atoms with van der Waals surface area (Å²) in [7, 11) is 0. The molecule has 3 nitrogen and oxygen atoms in total. The molecule has 0 fully saturated rings. The lowest BCUT2D eigenvalue weighted by Crippen LogP contribution is -2.03. The number of benzene rings is 1. The SMILES string of the molecule is Cc1ccc(Cc2cccnc2)c(C(=O)O)c1. The number of hydrogen-bond acceptors (Lipinski definition) is 2. The monoisotopic (exact) mass is 227 g/mol. The molecule has 1 N–H and O–H groups in total. The minimum atomic E-state index is -0.882. The van der Waals surface area contributed by atoms with Crippen molar-refractivity contribution in [3.05, 3.63) is 65.0 Å². The summed E-state index contributed by atoms with van der Waals surface area (Å²) in [4.78, 5) is 15.2. The molecule has 0 amide bonds. The Morgan fingerprint density at radius 3 is 2.82 bits per heavy atom. The Bertz CT molecular complexity index is 535. The minimum Gasteiger partial charge on any atom is -0.478 e. The molecule has 0 radical (unpaired) electrons. The van der Waals surface area contributed by atoms with Crippen molar-refractivity contribution >= 4 is 5.97 Å². The Morgan fingerprint density at radius 2 is 2.18 bits per heavy atom. The Morgan fingerprint density at radius 1 is 1.35 bits per heavy atom. The molecular formula is C14H13NO2. The van der Waals surface area contributed by atoms with E-state index >= 15 is 0 Å². The molecule has 0 saturated heterocycles. The second kappa shape index (κ2) is 4.78. The van der Waals surface area contributed by atoms with E-state index in [0.717, 1.165) is 16.7 Å². The number of aromatic nitrogens is 1. The highest BCUT2D eigenvalue weighted by atomic mass is 16.4. The largest absolute Gasteiger partial charge is 0.478 e. The normalized spacial score (nSPS) is 10.2. The maximum absolute atomic E-state index is 11.1. The summed E-state index contributed by atoms with van der Waals surface area (Å²) in [5.74, 6) is -0.882. The molecule has 0 bridgehead atoms. The van der Waals surface area contributed by atoms with Gasteiger partial charge in [-0.2, -0.15) is 0 Å². The van der Waals surface area contributed by atoms with Crippen molar-refractivity contribution in [1.82, 2.24) is 4.98 Å². The maximum atomic E-state index is 11.1. The number of aromatic carboxylic acids is 1. The van der Waals surface area contributed by atoms with E-state index < -0.39 is 5.97 Å². The molecule has 3 heteroatoms. The molecule has 1 aromatic heterocycles. The quantitative estimate of drug-likeness (QED) is 0.877. The topological polar surface area (TPSA) is 50.2 Å². The average molecular weight is 227 g/mol. The number of rotatable bonds is 3. The van der Waals surface area contributed by atoms with Crippen molar-refractivity contribution < 1.29 is 9.90 Å². The van der Waals surface area contributed by atoms with Crippen LogP contribution in [0.2, 0.25) is 0 Å². The van der Waals surface area contributed by atoms with Crippen LogP contribution in [-0.4, -0.2) is 16.1 Å². The fourth-order valence-corrected chi connectivity index (χ4v) is 1.77. The summed E-state index contributed by atoms with van der Waals surface area (Å²) >= 11 is 0. The van der Waals surface area contributed by atoms with Gasteiger partial charge < -0.3 is 5.11 Å². The third-order valence-electron chi connectivity index (χ3n) is 2.61. The first-order valence-corrected chi connectivity index (χ1v) is 5.38. The van der Waals surface area contributed by atoms with Crippen LogP contribution in [0.3, 0.4) is 0 Å². The molecule has 0 unspecified atom stereocenters. The lowest BCUT2D eigenvalue weighted by molar-refractivity contribution is 0.0695. The van der Waals surface area contributed by atoms with E-state index in [2.05, 4.69) is 4.98 Å². The van der Waals surface area contributed by atoms with Crippen LogP contribution >= 0.6 is 0 Å². The van der Waals surface area contributed by atoms with E-state index in [0.29, 0.717) is 12.0 Å². The molecule has 0 saturated carbocycles. The second-order valence-electron chi connectivity index (χ2n) is 4.00. The third-order valence-corrected chi connectivity index (χ3v) is 2.61. The molecule has 0 aliphatic rings. The van der Waals surface area contributed by atoms with Gasteiger partial charge in [0.05, 0.1) is 5.56 Å². The van der Waals surface area contributed by atoms with Crippen LogP contribution in [0.15, 0.2) is 42.7 Å². The first kappa shape index (κ1) is 11.3. The average Bonchev–Trinajstić information content (AvgIpc) is 2.32. The van der Waals surface area contributed by atoms with Gasteiger partial charge in [-0.25, -0.2) is 4.79 Å². The molecule has 0 aliphatic heterocycles. The first-order valence-electron chi connectivity index (χ1n) is 5.38. The highest BCUT2D eigenvalue weighted by Gasteiger charge is 2.10. The van der Waals surface area contributed by atoms with Crippen LogP contribution in [0.1, 0.15) is 27.0 Å². The zero-order chi connectivity index (χ0) is 12.3. The van der Waals surface area contributed by atoms with E-state index in [-0.39, 0.29) is 0 Å². The molecule has 2 aromatic rings. The Balaban J connectivity index is 2.36. The molecule has 1 heterocycles. The van der Waals surface area contributed by atoms with Crippen molar-refractivity contribution in [1.29, 1.82) is 0 Å². The molecule has 1 aromatic carbocycles. The standard InChI is InChI=1S/C14H13NO2/c1-10-4-5-12(13(7-10)14(16)17)8-11-3-2-6-15-9-11/h2-7,9H,8H2,1H3,(H,16,17). The minimum absolute atomic E-state index is 0.369. The van der Waals surface area contributed by atoms with Crippen LogP contribution in [0, 0.1) is 6.92 Å². The van der Waals surface area contributed by atoms with Crippen molar-refractivity contribution in [2.45, 2.75) is 13.3 Å². The highest BCUT2D eigenvalue weighted by molar-refractivity contribution is 5.89. The van der Waals surface area contributed by atoms with Gasteiger partial charge in [0.15, 0.2) is 0 Å². The fourth-order valence-electron chi connectivity index (χ4n) is 1.77. The van der Waals surface area contributed by atoms with E-state index in [9.17, 15) is 4.79 Å². The van der Waals surface area contributed by atoms with Gasteiger partial charge in [-0.3, -0.25) is 4.98 Å².